The molecule has 124 heavy (non-hydrogen) atoms. The van der Waals surface area contributed by atoms with Crippen LogP contribution < -0.4 is 9.47 Å². The van der Waals surface area contributed by atoms with E-state index in [9.17, 15) is 28.8 Å². The minimum absolute atomic E-state index is 0.0138. The van der Waals surface area contributed by atoms with Gasteiger partial charge in [0.1, 0.15) is 48.1 Å². The lowest BCUT2D eigenvalue weighted by Crippen LogP contribution is -2.28. The van der Waals surface area contributed by atoms with E-state index < -0.39 is 10.8 Å². The maximum atomic E-state index is 12.3. The molecular weight excluding hydrogens is 1550 g/mol. The molecule has 664 valence electrons. The van der Waals surface area contributed by atoms with Crippen molar-refractivity contribution in [1.82, 2.24) is 0 Å². The zero-order valence-corrected chi connectivity index (χ0v) is 78.0. The van der Waals surface area contributed by atoms with Gasteiger partial charge in [-0.25, -0.2) is 0 Å². The zero-order chi connectivity index (χ0) is 90.0. The Morgan fingerprint density at radius 3 is 1.10 bits per heavy atom. The van der Waals surface area contributed by atoms with Crippen LogP contribution in [0.4, 0.5) is 0 Å². The molecule has 4 aliphatic carbocycles. The summed E-state index contributed by atoms with van der Waals surface area (Å²) in [6.07, 6.45) is 19.6. The monoisotopic (exact) mass is 1690 g/mol. The summed E-state index contributed by atoms with van der Waals surface area (Å²) in [4.78, 5) is 72.3. The van der Waals surface area contributed by atoms with Crippen molar-refractivity contribution in [3.8, 4) is 11.5 Å². The average Bonchev–Trinajstić information content (AvgIpc) is 0.769. The molecule has 0 fully saturated rings. The fraction of sp³-hybridized carbons (Fsp3) is 0.473. The van der Waals surface area contributed by atoms with Gasteiger partial charge >= 0.3 is 35.8 Å². The average molecular weight is 1690 g/mol. The number of aryl methyl sites for hydroxylation is 6. The van der Waals surface area contributed by atoms with E-state index in [-0.39, 0.29) is 96.1 Å². The number of carbonyl (C=O) groups excluding carboxylic acids is 6. The van der Waals surface area contributed by atoms with E-state index in [0.29, 0.717) is 0 Å². The molecule has 4 aliphatic rings. The highest BCUT2D eigenvalue weighted by Gasteiger charge is 2.34. The molecule has 10 unspecified atom stereocenters. The number of benzene rings is 10. The Bertz CT molecular complexity index is 5170. The lowest BCUT2D eigenvalue weighted by atomic mass is 9.87. The van der Waals surface area contributed by atoms with E-state index in [1.165, 1.54) is 104 Å². The first-order valence-electron chi connectivity index (χ1n) is 46.0. The van der Waals surface area contributed by atoms with Crippen LogP contribution in [0.25, 0.3) is 43.1 Å². The fourth-order valence-electron chi connectivity index (χ4n) is 15.7. The van der Waals surface area contributed by atoms with Crippen LogP contribution in [0.15, 0.2) is 182 Å². The summed E-state index contributed by atoms with van der Waals surface area (Å²) in [5.41, 5.74) is 14.1. The Labute approximate surface area is 739 Å². The summed E-state index contributed by atoms with van der Waals surface area (Å²) >= 11 is 0. The molecule has 0 saturated carbocycles. The highest BCUT2D eigenvalue weighted by Crippen LogP contribution is 2.41. The highest BCUT2D eigenvalue weighted by molar-refractivity contribution is 6.03. The van der Waals surface area contributed by atoms with Crippen LogP contribution in [0.2, 0.25) is 0 Å². The van der Waals surface area contributed by atoms with Crippen LogP contribution in [-0.4, -0.2) is 50.0 Å². The van der Waals surface area contributed by atoms with Crippen molar-refractivity contribution in [2.45, 2.75) is 290 Å². The predicted octanol–water partition coefficient (Wildman–Crippen LogP) is 27.8. The van der Waals surface area contributed by atoms with E-state index in [1.54, 1.807) is 14.2 Å². The van der Waals surface area contributed by atoms with Gasteiger partial charge in [-0.15, -0.1) is 0 Å². The van der Waals surface area contributed by atoms with Gasteiger partial charge in [0.05, 0.1) is 48.7 Å². The summed E-state index contributed by atoms with van der Waals surface area (Å²) in [7, 11) is 3.34. The lowest BCUT2D eigenvalue weighted by molar-refractivity contribution is -0.161. The SMILES string of the molecule is CCC(C)(C)C(=O)OC(C)c1ccc2c(c1)CCCC2.CCC(C)(C)C(=O)OC1CCCc2cc(OC)ccc21.CCC(C)C(=O)OC(C)c1c2ccccc2cc2ccccc12.CCC(C)C(=O)OC(C)c1ccc2c(c1)CCCC2.CCC(C)C(=O)OC(C)c1ccc2cc3ccccc3cc2c1.CCC(C)C(=O)OC1CCCc2cc(OC)ccc21. The number of methoxy groups -OCH3 is 2. The second-order valence-electron chi connectivity index (χ2n) is 35.7. The molecule has 0 saturated heterocycles. The molecule has 0 radical (unpaired) electrons. The summed E-state index contributed by atoms with van der Waals surface area (Å²) in [6.45, 7) is 35.3. The minimum atomic E-state index is -0.413. The van der Waals surface area contributed by atoms with E-state index >= 15 is 0 Å². The van der Waals surface area contributed by atoms with Gasteiger partial charge in [0.15, 0.2) is 0 Å². The van der Waals surface area contributed by atoms with Gasteiger partial charge in [-0.3, -0.25) is 28.8 Å². The summed E-state index contributed by atoms with van der Waals surface area (Å²) in [5, 5.41) is 9.48. The van der Waals surface area contributed by atoms with Gasteiger partial charge in [-0.2, -0.15) is 0 Å². The third-order valence-electron chi connectivity index (χ3n) is 25.9. The van der Waals surface area contributed by atoms with E-state index in [1.807, 2.05) is 179 Å². The lowest BCUT2D eigenvalue weighted by Gasteiger charge is -2.29. The summed E-state index contributed by atoms with van der Waals surface area (Å²) in [5.74, 6) is 0.930. The third kappa shape index (κ3) is 26.4. The number of rotatable bonds is 24. The Kier molecular flexibility index (Phi) is 36.6. The van der Waals surface area contributed by atoms with Crippen molar-refractivity contribution < 1.29 is 66.7 Å². The van der Waals surface area contributed by atoms with Crippen molar-refractivity contribution in [1.29, 1.82) is 0 Å². The third-order valence-corrected chi connectivity index (χ3v) is 25.9. The van der Waals surface area contributed by atoms with Crippen LogP contribution >= 0.6 is 0 Å². The number of carbonyl (C=O) groups is 6. The molecule has 10 atom stereocenters. The maximum absolute atomic E-state index is 12.3. The Morgan fingerprint density at radius 1 is 0.323 bits per heavy atom. The Balaban J connectivity index is 0.000000169. The van der Waals surface area contributed by atoms with Crippen molar-refractivity contribution in [2.24, 2.45) is 34.5 Å². The minimum Gasteiger partial charge on any atom is -0.497 e. The zero-order valence-electron chi connectivity index (χ0n) is 78.0. The van der Waals surface area contributed by atoms with Gasteiger partial charge < -0.3 is 37.9 Å². The quantitative estimate of drug-likeness (QED) is 0.0317. The number of hydrogen-bond donors (Lipinski definition) is 0. The predicted molar refractivity (Wildman–Crippen MR) is 503 cm³/mol. The molecular formula is C110H140O14. The molecule has 0 spiro atoms. The number of esters is 6. The van der Waals surface area contributed by atoms with Crippen molar-refractivity contribution >= 4 is 78.9 Å². The first-order chi connectivity index (χ1) is 59.4. The highest BCUT2D eigenvalue weighted by atomic mass is 16.6. The van der Waals surface area contributed by atoms with E-state index in [4.69, 9.17) is 37.9 Å². The molecule has 10 aromatic carbocycles. The number of ether oxygens (including phenoxy) is 8. The van der Waals surface area contributed by atoms with Gasteiger partial charge in [0.25, 0.3) is 0 Å². The normalized spacial score (nSPS) is 16.4. The fourth-order valence-corrected chi connectivity index (χ4v) is 15.7. The van der Waals surface area contributed by atoms with Crippen LogP contribution in [0.3, 0.4) is 0 Å². The molecule has 0 heterocycles. The topological polar surface area (TPSA) is 176 Å². The number of hydrogen-bond acceptors (Lipinski definition) is 14. The first-order valence-corrected chi connectivity index (χ1v) is 46.0. The van der Waals surface area contributed by atoms with Crippen molar-refractivity contribution in [2.75, 3.05) is 14.2 Å². The molecule has 10 aromatic rings. The van der Waals surface area contributed by atoms with Gasteiger partial charge in [-0.1, -0.05) is 203 Å². The van der Waals surface area contributed by atoms with Gasteiger partial charge in [0, 0.05) is 5.56 Å². The van der Waals surface area contributed by atoms with Gasteiger partial charge in [0.2, 0.25) is 0 Å². The maximum Gasteiger partial charge on any atom is 0.312 e. The smallest absolute Gasteiger partial charge is 0.312 e. The molecule has 0 aromatic heterocycles. The van der Waals surface area contributed by atoms with Crippen LogP contribution in [-0.2, 0) is 95.7 Å². The van der Waals surface area contributed by atoms with E-state index in [2.05, 4.69) is 127 Å². The second-order valence-corrected chi connectivity index (χ2v) is 35.7. The van der Waals surface area contributed by atoms with Crippen LogP contribution in [0.1, 0.15) is 318 Å². The van der Waals surface area contributed by atoms with Crippen molar-refractivity contribution in [3.63, 3.8) is 0 Å². The Hall–Kier alpha value is -10.3. The molecule has 14 rings (SSSR count). The molecule has 0 amide bonds. The standard InChI is InChI=1S/2C21H22O2.C18H26O2.C17H24O3.C17H24O2.C16H22O3/c1-4-14(2)21(22)23-15(3)20-18-11-7-5-9-16(18)13-17-10-6-8-12-19(17)20;1-4-14(2)21(22)23-15(3)16-9-10-19-12-17-7-5-6-8-18(17)13-20(19)11-16;1-5-18(3,4)17(19)20-13(2)15-11-10-14-8-6-7-9-16(14)12-15;1-5-17(2,3)16(18)20-15-8-6-7-12-11-13(19-4)9-10-14(12)15;1-4-12(2)17(18)19-13(3)15-10-9-14-7-5-6-8-16(14)11-15;1-4-11(2)16(17)19-15-7-5-6-12-10-13(18-3)8-9-14(12)15/h2*5-15H,4H2,1-3H3;10-13H,5-9H2,1-4H3;9-11,15H,5-8H2,1-4H3;9-13H,4-8H2,1-3H3;8-11,15H,4-7H2,1-3H3. The molecule has 0 aliphatic heterocycles. The molecule has 14 heteroatoms. The van der Waals surface area contributed by atoms with Crippen LogP contribution in [0, 0.1) is 34.5 Å². The Morgan fingerprint density at radius 2 is 0.669 bits per heavy atom. The largest absolute Gasteiger partial charge is 0.497 e. The summed E-state index contributed by atoms with van der Waals surface area (Å²) < 4.78 is 44.5. The molecule has 0 bridgehead atoms. The second kappa shape index (κ2) is 46.6. The summed E-state index contributed by atoms with van der Waals surface area (Å²) in [6, 6.07) is 62.9. The molecule has 0 N–H and O–H groups in total. The first kappa shape index (κ1) is 97.5. The van der Waals surface area contributed by atoms with E-state index in [0.717, 1.165) is 146 Å². The van der Waals surface area contributed by atoms with Crippen molar-refractivity contribution in [3.05, 3.63) is 249 Å². The van der Waals surface area contributed by atoms with Crippen LogP contribution in [0.5, 0.6) is 11.5 Å². The molecule has 14 nitrogen and oxygen atoms in total. The van der Waals surface area contributed by atoms with Gasteiger partial charge in [-0.05, 0) is 337 Å². The number of fused-ring (bicyclic) bond motifs is 8.